The average Bonchev–Trinajstić information content (AvgIpc) is 2.39. The van der Waals surface area contributed by atoms with Crippen LogP contribution in [0.25, 0.3) is 0 Å². The molecule has 0 heterocycles. The van der Waals surface area contributed by atoms with Gasteiger partial charge in [-0.3, -0.25) is 4.79 Å². The van der Waals surface area contributed by atoms with Crippen molar-refractivity contribution in [2.75, 3.05) is 11.9 Å². The molecule has 18 heavy (non-hydrogen) atoms. The molecule has 0 saturated heterocycles. The number of carbonyl (C=O) groups is 2. The number of aliphatic hydroxyl groups excluding tert-OH is 1. The second-order valence-electron chi connectivity index (χ2n) is 3.57. The number of ether oxygens (including phenoxy) is 1. The number of benzene rings is 1. The van der Waals surface area contributed by atoms with Crippen LogP contribution in [0.15, 0.2) is 24.3 Å². The molecule has 0 radical (unpaired) electrons. The monoisotopic (exact) mass is 252 g/mol. The molecular formula is C12H16N2O4. The molecule has 0 spiro atoms. The second-order valence-corrected chi connectivity index (χ2v) is 3.57. The van der Waals surface area contributed by atoms with Crippen LogP contribution in [0.5, 0.6) is 0 Å². The van der Waals surface area contributed by atoms with Crippen molar-refractivity contribution >= 4 is 17.6 Å². The number of aliphatic hydroxyl groups is 1. The fourth-order valence-corrected chi connectivity index (χ4v) is 1.25. The van der Waals surface area contributed by atoms with Gasteiger partial charge in [-0.1, -0.05) is 12.1 Å². The number of amides is 1. The van der Waals surface area contributed by atoms with Crippen LogP contribution in [0.2, 0.25) is 0 Å². The summed E-state index contributed by atoms with van der Waals surface area (Å²) in [5.74, 6) is -1.40. The second kappa shape index (κ2) is 6.73. The van der Waals surface area contributed by atoms with E-state index in [1.807, 2.05) is 0 Å². The third kappa shape index (κ3) is 3.83. The quantitative estimate of drug-likeness (QED) is 0.506. The van der Waals surface area contributed by atoms with Crippen molar-refractivity contribution in [3.05, 3.63) is 29.8 Å². The number of anilines is 1. The smallest absolute Gasteiger partial charge is 0.332 e. The lowest BCUT2D eigenvalue weighted by Gasteiger charge is -2.11. The summed E-state index contributed by atoms with van der Waals surface area (Å²) >= 11 is 0. The van der Waals surface area contributed by atoms with Crippen LogP contribution in [0.3, 0.4) is 0 Å². The largest absolute Gasteiger partial charge is 0.464 e. The predicted octanol–water partition coefficient (Wildman–Crippen LogP) is 0.00780. The zero-order valence-corrected chi connectivity index (χ0v) is 10.1. The van der Waals surface area contributed by atoms with E-state index in [4.69, 9.17) is 10.8 Å². The van der Waals surface area contributed by atoms with Crippen LogP contribution >= 0.6 is 0 Å². The van der Waals surface area contributed by atoms with E-state index in [1.165, 1.54) is 0 Å². The van der Waals surface area contributed by atoms with Gasteiger partial charge in [-0.2, -0.15) is 0 Å². The molecule has 1 rings (SSSR count). The summed E-state index contributed by atoms with van der Waals surface area (Å²) in [7, 11) is 0. The lowest BCUT2D eigenvalue weighted by Crippen LogP contribution is -2.43. The lowest BCUT2D eigenvalue weighted by atomic mass is 10.2. The maximum absolute atomic E-state index is 11.6. The summed E-state index contributed by atoms with van der Waals surface area (Å²) in [6, 6.07) is 5.20. The van der Waals surface area contributed by atoms with E-state index in [1.54, 1.807) is 31.2 Å². The molecule has 6 nitrogen and oxygen atoms in total. The third-order valence-corrected chi connectivity index (χ3v) is 2.23. The molecule has 1 aromatic rings. The molecule has 6 heteroatoms. The first-order chi connectivity index (χ1) is 8.58. The first-order valence-electron chi connectivity index (χ1n) is 5.51. The van der Waals surface area contributed by atoms with Gasteiger partial charge in [-0.05, 0) is 24.6 Å². The Hall–Kier alpha value is -1.92. The van der Waals surface area contributed by atoms with Crippen molar-refractivity contribution in [2.24, 2.45) is 5.73 Å². The minimum Gasteiger partial charge on any atom is -0.464 e. The van der Waals surface area contributed by atoms with Crippen molar-refractivity contribution in [2.45, 2.75) is 19.6 Å². The van der Waals surface area contributed by atoms with Crippen molar-refractivity contribution < 1.29 is 19.4 Å². The number of carbonyl (C=O) groups excluding carboxylic acids is 2. The lowest BCUT2D eigenvalue weighted by molar-refractivity contribution is -0.146. The van der Waals surface area contributed by atoms with Gasteiger partial charge in [0.25, 0.3) is 5.91 Å². The Morgan fingerprint density at radius 2 is 2.00 bits per heavy atom. The van der Waals surface area contributed by atoms with Crippen molar-refractivity contribution in [3.63, 3.8) is 0 Å². The topological polar surface area (TPSA) is 102 Å². The third-order valence-electron chi connectivity index (χ3n) is 2.23. The minimum absolute atomic E-state index is 0.0729. The SMILES string of the molecule is CCOC(=O)C(N)C(=O)Nc1ccc(CO)cc1. The van der Waals surface area contributed by atoms with Crippen molar-refractivity contribution in [1.29, 1.82) is 0 Å². The summed E-state index contributed by atoms with van der Waals surface area (Å²) in [5.41, 5.74) is 6.65. The van der Waals surface area contributed by atoms with Crippen molar-refractivity contribution in [1.82, 2.24) is 0 Å². The molecule has 1 unspecified atom stereocenters. The highest BCUT2D eigenvalue weighted by Gasteiger charge is 2.23. The molecule has 0 fully saturated rings. The van der Waals surface area contributed by atoms with E-state index >= 15 is 0 Å². The number of nitrogens with one attached hydrogen (secondary N) is 1. The van der Waals surface area contributed by atoms with E-state index in [2.05, 4.69) is 10.1 Å². The Balaban J connectivity index is 2.60. The first kappa shape index (κ1) is 14.1. The molecule has 0 aliphatic rings. The van der Waals surface area contributed by atoms with Gasteiger partial charge in [0.1, 0.15) is 0 Å². The molecule has 98 valence electrons. The van der Waals surface area contributed by atoms with Crippen LogP contribution in [0, 0.1) is 0 Å². The standard InChI is InChI=1S/C12H16N2O4/c1-2-18-12(17)10(13)11(16)14-9-5-3-8(7-15)4-6-9/h3-6,10,15H,2,7,13H2,1H3,(H,14,16). The van der Waals surface area contributed by atoms with E-state index in [-0.39, 0.29) is 13.2 Å². The minimum atomic E-state index is -1.34. The Morgan fingerprint density at radius 1 is 1.39 bits per heavy atom. The molecule has 1 amide bonds. The van der Waals surface area contributed by atoms with Gasteiger partial charge in [0.05, 0.1) is 13.2 Å². The van der Waals surface area contributed by atoms with Crippen LogP contribution in [0.1, 0.15) is 12.5 Å². The maximum Gasteiger partial charge on any atom is 0.332 e. The van der Waals surface area contributed by atoms with Gasteiger partial charge in [0.15, 0.2) is 6.04 Å². The predicted molar refractivity (Wildman–Crippen MR) is 65.6 cm³/mol. The van der Waals surface area contributed by atoms with Gasteiger partial charge < -0.3 is 20.9 Å². The summed E-state index contributed by atoms with van der Waals surface area (Å²) < 4.78 is 4.64. The van der Waals surface area contributed by atoms with Crippen molar-refractivity contribution in [3.8, 4) is 0 Å². The van der Waals surface area contributed by atoms with E-state index < -0.39 is 17.9 Å². The molecule has 4 N–H and O–H groups in total. The van der Waals surface area contributed by atoms with Gasteiger partial charge in [0, 0.05) is 5.69 Å². The highest BCUT2D eigenvalue weighted by molar-refractivity contribution is 6.08. The number of hydrogen-bond acceptors (Lipinski definition) is 5. The fraction of sp³-hybridized carbons (Fsp3) is 0.333. The van der Waals surface area contributed by atoms with Gasteiger partial charge in [0.2, 0.25) is 0 Å². The van der Waals surface area contributed by atoms with E-state index in [0.29, 0.717) is 5.69 Å². The fourth-order valence-electron chi connectivity index (χ4n) is 1.25. The average molecular weight is 252 g/mol. The molecule has 1 atom stereocenters. The Labute approximate surface area is 105 Å². The van der Waals surface area contributed by atoms with Gasteiger partial charge in [-0.25, -0.2) is 4.79 Å². The summed E-state index contributed by atoms with van der Waals surface area (Å²) in [4.78, 5) is 22.8. The Morgan fingerprint density at radius 3 is 2.50 bits per heavy atom. The number of nitrogens with two attached hydrogens (primary N) is 1. The molecular weight excluding hydrogens is 236 g/mol. The van der Waals surface area contributed by atoms with Crippen LogP contribution in [-0.4, -0.2) is 29.6 Å². The summed E-state index contributed by atoms with van der Waals surface area (Å²) in [5, 5.41) is 11.3. The summed E-state index contributed by atoms with van der Waals surface area (Å²) in [6.07, 6.45) is 0. The Kier molecular flexibility index (Phi) is 5.29. The molecule has 0 bridgehead atoms. The number of esters is 1. The zero-order chi connectivity index (χ0) is 13.5. The van der Waals surface area contributed by atoms with E-state index in [0.717, 1.165) is 5.56 Å². The molecule has 0 saturated carbocycles. The van der Waals surface area contributed by atoms with Gasteiger partial charge >= 0.3 is 5.97 Å². The molecule has 1 aromatic carbocycles. The molecule has 0 aromatic heterocycles. The summed E-state index contributed by atoms with van der Waals surface area (Å²) in [6.45, 7) is 1.73. The van der Waals surface area contributed by atoms with Gasteiger partial charge in [-0.15, -0.1) is 0 Å². The zero-order valence-electron chi connectivity index (χ0n) is 10.1. The molecule has 0 aliphatic carbocycles. The van der Waals surface area contributed by atoms with Crippen LogP contribution in [-0.2, 0) is 20.9 Å². The number of rotatable bonds is 5. The Bertz CT molecular complexity index is 417. The maximum atomic E-state index is 11.6. The molecule has 0 aliphatic heterocycles. The number of hydrogen-bond donors (Lipinski definition) is 3. The van der Waals surface area contributed by atoms with Crippen LogP contribution in [0.4, 0.5) is 5.69 Å². The van der Waals surface area contributed by atoms with E-state index in [9.17, 15) is 9.59 Å². The highest BCUT2D eigenvalue weighted by atomic mass is 16.5. The normalized spacial score (nSPS) is 11.7. The first-order valence-corrected chi connectivity index (χ1v) is 5.51. The van der Waals surface area contributed by atoms with Crippen LogP contribution < -0.4 is 11.1 Å². The highest BCUT2D eigenvalue weighted by Crippen LogP contribution is 2.09.